The third-order valence-electron chi connectivity index (χ3n) is 3.58. The van der Waals surface area contributed by atoms with Crippen molar-refractivity contribution in [2.45, 2.75) is 40.7 Å². The van der Waals surface area contributed by atoms with E-state index in [0.29, 0.717) is 5.92 Å². The summed E-state index contributed by atoms with van der Waals surface area (Å²) in [4.78, 5) is 0. The molecule has 0 amide bonds. The summed E-state index contributed by atoms with van der Waals surface area (Å²) in [6.45, 7) is 9.75. The van der Waals surface area contributed by atoms with Gasteiger partial charge >= 0.3 is 0 Å². The maximum absolute atomic E-state index is 4.53. The lowest BCUT2D eigenvalue weighted by molar-refractivity contribution is 0.261. The Bertz CT molecular complexity index is 354. The SMILES string of the molecule is CCn1nc(C)cc1CC(CBr)(CBr)C(C)C. The van der Waals surface area contributed by atoms with E-state index < -0.39 is 0 Å². The van der Waals surface area contributed by atoms with Crippen molar-refractivity contribution in [1.82, 2.24) is 9.78 Å². The second-order valence-corrected chi connectivity index (χ2v) is 6.18. The first kappa shape index (κ1) is 15.2. The molecule has 0 unspecified atom stereocenters. The quantitative estimate of drug-likeness (QED) is 0.691. The molecule has 0 aliphatic carbocycles. The van der Waals surface area contributed by atoms with E-state index in [9.17, 15) is 0 Å². The van der Waals surface area contributed by atoms with E-state index in [-0.39, 0.29) is 5.41 Å². The largest absolute Gasteiger partial charge is 0.270 e. The van der Waals surface area contributed by atoms with Crippen molar-refractivity contribution < 1.29 is 0 Å². The molecule has 0 bridgehead atoms. The summed E-state index contributed by atoms with van der Waals surface area (Å²) in [6.07, 6.45) is 1.07. The molecule has 1 heterocycles. The Morgan fingerprint density at radius 3 is 2.35 bits per heavy atom. The zero-order chi connectivity index (χ0) is 13.1. The highest BCUT2D eigenvalue weighted by Crippen LogP contribution is 2.36. The number of hydrogen-bond donors (Lipinski definition) is 0. The Balaban J connectivity index is 3.00. The van der Waals surface area contributed by atoms with Crippen LogP contribution in [0.15, 0.2) is 6.07 Å². The summed E-state index contributed by atoms with van der Waals surface area (Å²) >= 11 is 7.37. The molecule has 0 fully saturated rings. The molecular weight excluding hydrogens is 344 g/mol. The molecule has 0 atom stereocenters. The second-order valence-electron chi connectivity index (χ2n) is 5.05. The van der Waals surface area contributed by atoms with Crippen LogP contribution in [0, 0.1) is 18.3 Å². The Labute approximate surface area is 121 Å². The van der Waals surface area contributed by atoms with Crippen LogP contribution in [0.4, 0.5) is 0 Å². The lowest BCUT2D eigenvalue weighted by atomic mass is 9.77. The minimum absolute atomic E-state index is 0.263. The summed E-state index contributed by atoms with van der Waals surface area (Å²) < 4.78 is 2.12. The summed E-state index contributed by atoms with van der Waals surface area (Å²) in [6, 6.07) is 2.21. The molecule has 0 aliphatic heterocycles. The predicted molar refractivity (Wildman–Crippen MR) is 81.2 cm³/mol. The van der Waals surface area contributed by atoms with Gasteiger partial charge in [-0.2, -0.15) is 5.10 Å². The van der Waals surface area contributed by atoms with Crippen molar-refractivity contribution in [3.05, 3.63) is 17.5 Å². The van der Waals surface area contributed by atoms with Crippen molar-refractivity contribution in [1.29, 1.82) is 0 Å². The fourth-order valence-electron chi connectivity index (χ4n) is 2.02. The highest BCUT2D eigenvalue weighted by molar-refractivity contribution is 9.09. The number of rotatable bonds is 6. The van der Waals surface area contributed by atoms with E-state index in [1.807, 2.05) is 0 Å². The van der Waals surface area contributed by atoms with E-state index in [1.165, 1.54) is 5.69 Å². The van der Waals surface area contributed by atoms with Crippen molar-refractivity contribution in [2.24, 2.45) is 11.3 Å². The molecule has 1 aromatic heterocycles. The summed E-state index contributed by atoms with van der Waals surface area (Å²) in [5.41, 5.74) is 2.72. The molecule has 0 aliphatic rings. The maximum Gasteiger partial charge on any atom is 0.0596 e. The van der Waals surface area contributed by atoms with Gasteiger partial charge in [0.2, 0.25) is 0 Å². The van der Waals surface area contributed by atoms with Crippen molar-refractivity contribution >= 4 is 31.9 Å². The summed E-state index contributed by atoms with van der Waals surface area (Å²) in [5, 5.41) is 6.55. The molecule has 0 spiro atoms. The average Bonchev–Trinajstić information content (AvgIpc) is 2.65. The highest BCUT2D eigenvalue weighted by atomic mass is 79.9. The first-order valence-corrected chi connectivity index (χ1v) is 8.38. The Hall–Kier alpha value is 0.170. The molecule has 0 N–H and O–H groups in total. The van der Waals surface area contributed by atoms with E-state index in [4.69, 9.17) is 0 Å². The Morgan fingerprint density at radius 1 is 1.35 bits per heavy atom. The van der Waals surface area contributed by atoms with Gasteiger partial charge in [0.1, 0.15) is 0 Å². The lowest BCUT2D eigenvalue weighted by Crippen LogP contribution is -2.34. The fourth-order valence-corrected chi connectivity index (χ4v) is 4.64. The van der Waals surface area contributed by atoms with E-state index >= 15 is 0 Å². The van der Waals surface area contributed by atoms with Crippen LogP contribution >= 0.6 is 31.9 Å². The number of halogens is 2. The normalized spacial score (nSPS) is 12.4. The van der Waals surface area contributed by atoms with E-state index in [0.717, 1.165) is 29.3 Å². The van der Waals surface area contributed by atoms with Gasteiger partial charge in [-0.25, -0.2) is 0 Å². The second kappa shape index (κ2) is 6.37. The zero-order valence-electron chi connectivity index (χ0n) is 11.1. The first-order valence-electron chi connectivity index (χ1n) is 6.14. The van der Waals surface area contributed by atoms with E-state index in [2.05, 4.69) is 75.4 Å². The molecule has 0 radical (unpaired) electrons. The molecule has 0 saturated heterocycles. The van der Waals surface area contributed by atoms with Crippen molar-refractivity contribution in [3.63, 3.8) is 0 Å². The highest BCUT2D eigenvalue weighted by Gasteiger charge is 2.33. The summed E-state index contributed by atoms with van der Waals surface area (Å²) in [7, 11) is 0. The van der Waals surface area contributed by atoms with Gasteiger partial charge in [0.15, 0.2) is 0 Å². The van der Waals surface area contributed by atoms with Crippen LogP contribution in [-0.4, -0.2) is 20.4 Å². The number of hydrogen-bond acceptors (Lipinski definition) is 1. The Kier molecular flexibility index (Phi) is 5.71. The molecular formula is C13H22Br2N2. The van der Waals surface area contributed by atoms with Crippen LogP contribution in [0.5, 0.6) is 0 Å². The molecule has 4 heteroatoms. The predicted octanol–water partition coefficient (Wildman–Crippen LogP) is 4.19. The maximum atomic E-state index is 4.53. The lowest BCUT2D eigenvalue weighted by Gasteiger charge is -2.34. The Morgan fingerprint density at radius 2 is 1.94 bits per heavy atom. The molecule has 0 saturated carbocycles. The van der Waals surface area contributed by atoms with Crippen LogP contribution in [0.3, 0.4) is 0 Å². The van der Waals surface area contributed by atoms with Gasteiger partial charge in [-0.1, -0.05) is 45.7 Å². The number of aryl methyl sites for hydroxylation is 2. The van der Waals surface area contributed by atoms with E-state index in [1.54, 1.807) is 0 Å². The number of alkyl halides is 2. The number of nitrogens with zero attached hydrogens (tertiary/aromatic N) is 2. The van der Waals surface area contributed by atoms with Crippen LogP contribution in [0.2, 0.25) is 0 Å². The minimum atomic E-state index is 0.263. The van der Waals surface area contributed by atoms with Gasteiger partial charge in [0.05, 0.1) is 5.69 Å². The topological polar surface area (TPSA) is 17.8 Å². The standard InChI is InChI=1S/C13H22Br2N2/c1-5-17-12(6-11(4)16-17)7-13(8-14,9-15)10(2)3/h6,10H,5,7-9H2,1-4H3. The number of aromatic nitrogens is 2. The van der Waals surface area contributed by atoms with Crippen LogP contribution in [0.25, 0.3) is 0 Å². The minimum Gasteiger partial charge on any atom is -0.270 e. The van der Waals surface area contributed by atoms with Gasteiger partial charge in [-0.05, 0) is 37.7 Å². The first-order chi connectivity index (χ1) is 7.99. The zero-order valence-corrected chi connectivity index (χ0v) is 14.3. The van der Waals surface area contributed by atoms with Crippen LogP contribution in [-0.2, 0) is 13.0 Å². The molecule has 1 rings (SSSR count). The third kappa shape index (κ3) is 3.34. The van der Waals surface area contributed by atoms with Gasteiger partial charge < -0.3 is 0 Å². The smallest absolute Gasteiger partial charge is 0.0596 e. The van der Waals surface area contributed by atoms with Crippen LogP contribution in [0.1, 0.15) is 32.2 Å². The van der Waals surface area contributed by atoms with Gasteiger partial charge in [0, 0.05) is 22.9 Å². The third-order valence-corrected chi connectivity index (χ3v) is 5.81. The molecule has 98 valence electrons. The molecule has 17 heavy (non-hydrogen) atoms. The van der Waals surface area contributed by atoms with Gasteiger partial charge in [-0.3, -0.25) is 4.68 Å². The summed E-state index contributed by atoms with van der Waals surface area (Å²) in [5.74, 6) is 0.627. The van der Waals surface area contributed by atoms with Crippen molar-refractivity contribution in [3.8, 4) is 0 Å². The molecule has 1 aromatic rings. The molecule has 0 aromatic carbocycles. The van der Waals surface area contributed by atoms with Crippen LogP contribution < -0.4 is 0 Å². The van der Waals surface area contributed by atoms with Crippen molar-refractivity contribution in [2.75, 3.05) is 10.7 Å². The fraction of sp³-hybridized carbons (Fsp3) is 0.769. The van der Waals surface area contributed by atoms with Gasteiger partial charge in [-0.15, -0.1) is 0 Å². The monoisotopic (exact) mass is 364 g/mol. The van der Waals surface area contributed by atoms with Gasteiger partial charge in [0.25, 0.3) is 0 Å². The average molecular weight is 366 g/mol. The molecule has 2 nitrogen and oxygen atoms in total.